The van der Waals surface area contributed by atoms with E-state index in [4.69, 9.17) is 10.5 Å². The van der Waals surface area contributed by atoms with Crippen LogP contribution in [0.1, 0.15) is 25.5 Å². The van der Waals surface area contributed by atoms with Gasteiger partial charge in [0.15, 0.2) is 0 Å². The second-order valence-electron chi connectivity index (χ2n) is 5.09. The SMILES string of the molecule is COc1ccc(C(N)[C@@H]2[C@H](O)C2(C)C)cc1. The lowest BCUT2D eigenvalue weighted by Crippen LogP contribution is -2.16. The van der Waals surface area contributed by atoms with Crippen LogP contribution in [0.4, 0.5) is 0 Å². The molecule has 1 aliphatic rings. The van der Waals surface area contributed by atoms with Crippen molar-refractivity contribution in [1.82, 2.24) is 0 Å². The van der Waals surface area contributed by atoms with Crippen LogP contribution in [0.2, 0.25) is 0 Å². The van der Waals surface area contributed by atoms with E-state index in [1.54, 1.807) is 7.11 Å². The molecule has 2 rings (SSSR count). The van der Waals surface area contributed by atoms with Crippen LogP contribution in [0.15, 0.2) is 24.3 Å². The molecule has 88 valence electrons. The summed E-state index contributed by atoms with van der Waals surface area (Å²) in [5.41, 5.74) is 7.15. The average molecular weight is 221 g/mol. The number of aliphatic hydroxyl groups excluding tert-OH is 1. The molecular weight excluding hydrogens is 202 g/mol. The number of hydrogen-bond donors (Lipinski definition) is 2. The van der Waals surface area contributed by atoms with Gasteiger partial charge in [0.25, 0.3) is 0 Å². The van der Waals surface area contributed by atoms with Gasteiger partial charge in [-0.25, -0.2) is 0 Å². The van der Waals surface area contributed by atoms with Crippen LogP contribution >= 0.6 is 0 Å². The Morgan fingerprint density at radius 2 is 1.81 bits per heavy atom. The maximum atomic E-state index is 9.78. The highest BCUT2D eigenvalue weighted by molar-refractivity contribution is 5.31. The molecule has 1 unspecified atom stereocenters. The fraction of sp³-hybridized carbons (Fsp3) is 0.538. The Labute approximate surface area is 96.2 Å². The minimum absolute atomic E-state index is 0.0562. The minimum atomic E-state index is -0.287. The summed E-state index contributed by atoms with van der Waals surface area (Å²) in [7, 11) is 1.64. The lowest BCUT2D eigenvalue weighted by atomic mass is 9.98. The van der Waals surface area contributed by atoms with Crippen molar-refractivity contribution in [3.05, 3.63) is 29.8 Å². The van der Waals surface area contributed by atoms with Gasteiger partial charge in [0.05, 0.1) is 13.2 Å². The van der Waals surface area contributed by atoms with Crippen LogP contribution in [-0.2, 0) is 0 Å². The van der Waals surface area contributed by atoms with Gasteiger partial charge in [-0.3, -0.25) is 0 Å². The standard InChI is InChI=1S/C13H19NO2/c1-13(2)10(12(13)15)11(14)8-4-6-9(16-3)7-5-8/h4-7,10-12,15H,14H2,1-3H3/t10-,11?,12+/m1/s1. The Hall–Kier alpha value is -1.06. The quantitative estimate of drug-likeness (QED) is 0.817. The van der Waals surface area contributed by atoms with E-state index in [-0.39, 0.29) is 23.5 Å². The topological polar surface area (TPSA) is 55.5 Å². The number of rotatable bonds is 3. The molecular formula is C13H19NO2. The maximum absolute atomic E-state index is 9.78. The fourth-order valence-electron chi connectivity index (χ4n) is 2.34. The van der Waals surface area contributed by atoms with Gasteiger partial charge >= 0.3 is 0 Å². The van der Waals surface area contributed by atoms with Crippen LogP contribution in [0, 0.1) is 11.3 Å². The number of methoxy groups -OCH3 is 1. The summed E-state index contributed by atoms with van der Waals surface area (Å²) in [5.74, 6) is 0.979. The highest BCUT2D eigenvalue weighted by Gasteiger charge is 2.59. The average Bonchev–Trinajstić information content (AvgIpc) is 2.77. The lowest BCUT2D eigenvalue weighted by Gasteiger charge is -2.13. The molecule has 0 aliphatic heterocycles. The molecule has 0 radical (unpaired) electrons. The van der Waals surface area contributed by atoms with Crippen molar-refractivity contribution in [3.63, 3.8) is 0 Å². The molecule has 3 nitrogen and oxygen atoms in total. The van der Waals surface area contributed by atoms with Crippen LogP contribution in [0.3, 0.4) is 0 Å². The third-order valence-corrected chi connectivity index (χ3v) is 3.74. The third kappa shape index (κ3) is 1.70. The largest absolute Gasteiger partial charge is 0.497 e. The molecule has 0 saturated heterocycles. The van der Waals surface area contributed by atoms with Gasteiger partial charge in [0.2, 0.25) is 0 Å². The van der Waals surface area contributed by atoms with E-state index >= 15 is 0 Å². The summed E-state index contributed by atoms with van der Waals surface area (Å²) in [5, 5.41) is 9.78. The first-order valence-corrected chi connectivity index (χ1v) is 5.56. The molecule has 3 atom stereocenters. The Kier molecular flexibility index (Phi) is 2.68. The van der Waals surface area contributed by atoms with Crippen LogP contribution in [-0.4, -0.2) is 18.3 Å². The Morgan fingerprint density at radius 1 is 1.31 bits per heavy atom. The summed E-state index contributed by atoms with van der Waals surface area (Å²) in [6, 6.07) is 7.62. The number of nitrogens with two attached hydrogens (primary N) is 1. The first-order valence-electron chi connectivity index (χ1n) is 5.56. The molecule has 0 bridgehead atoms. The van der Waals surface area contributed by atoms with Crippen LogP contribution in [0.25, 0.3) is 0 Å². The van der Waals surface area contributed by atoms with E-state index in [1.165, 1.54) is 0 Å². The third-order valence-electron chi connectivity index (χ3n) is 3.74. The molecule has 0 heterocycles. The second kappa shape index (κ2) is 3.75. The van der Waals surface area contributed by atoms with Crippen molar-refractivity contribution >= 4 is 0 Å². The predicted molar refractivity (Wildman–Crippen MR) is 63.2 cm³/mol. The molecule has 1 aromatic carbocycles. The second-order valence-corrected chi connectivity index (χ2v) is 5.09. The van der Waals surface area contributed by atoms with E-state index < -0.39 is 0 Å². The van der Waals surface area contributed by atoms with Gasteiger partial charge in [-0.2, -0.15) is 0 Å². The smallest absolute Gasteiger partial charge is 0.118 e. The molecule has 0 amide bonds. The van der Waals surface area contributed by atoms with Gasteiger partial charge in [0, 0.05) is 12.0 Å². The van der Waals surface area contributed by atoms with Crippen LogP contribution < -0.4 is 10.5 Å². The Bertz CT molecular complexity index is 372. The first-order chi connectivity index (χ1) is 7.48. The molecule has 1 aromatic rings. The Morgan fingerprint density at radius 3 is 2.19 bits per heavy atom. The van der Waals surface area contributed by atoms with E-state index in [9.17, 15) is 5.11 Å². The van der Waals surface area contributed by atoms with Gasteiger partial charge < -0.3 is 15.6 Å². The zero-order valence-corrected chi connectivity index (χ0v) is 9.97. The van der Waals surface area contributed by atoms with Crippen molar-refractivity contribution in [1.29, 1.82) is 0 Å². The summed E-state index contributed by atoms with van der Waals surface area (Å²) in [4.78, 5) is 0. The zero-order chi connectivity index (χ0) is 11.9. The summed E-state index contributed by atoms with van der Waals surface area (Å²) in [6.07, 6.45) is -0.287. The normalized spacial score (nSPS) is 28.6. The van der Waals surface area contributed by atoms with Crippen molar-refractivity contribution < 1.29 is 9.84 Å². The molecule has 16 heavy (non-hydrogen) atoms. The fourth-order valence-corrected chi connectivity index (χ4v) is 2.34. The van der Waals surface area contributed by atoms with Gasteiger partial charge in [0.1, 0.15) is 5.75 Å². The summed E-state index contributed by atoms with van der Waals surface area (Å²) < 4.78 is 5.10. The van der Waals surface area contributed by atoms with E-state index in [2.05, 4.69) is 0 Å². The molecule has 0 spiro atoms. The van der Waals surface area contributed by atoms with Crippen molar-refractivity contribution in [3.8, 4) is 5.75 Å². The summed E-state index contributed by atoms with van der Waals surface area (Å²) in [6.45, 7) is 4.09. The number of aliphatic hydroxyl groups is 1. The van der Waals surface area contributed by atoms with E-state index in [0.29, 0.717) is 0 Å². The van der Waals surface area contributed by atoms with Crippen molar-refractivity contribution in [2.24, 2.45) is 17.1 Å². The number of ether oxygens (including phenoxy) is 1. The molecule has 1 saturated carbocycles. The maximum Gasteiger partial charge on any atom is 0.118 e. The number of hydrogen-bond acceptors (Lipinski definition) is 3. The van der Waals surface area contributed by atoms with E-state index in [0.717, 1.165) is 11.3 Å². The number of benzene rings is 1. The molecule has 3 N–H and O–H groups in total. The monoisotopic (exact) mass is 221 g/mol. The highest BCUT2D eigenvalue weighted by atomic mass is 16.5. The predicted octanol–water partition coefficient (Wildman–Crippen LogP) is 1.71. The summed E-state index contributed by atoms with van der Waals surface area (Å²) >= 11 is 0. The first kappa shape index (κ1) is 11.4. The van der Waals surface area contributed by atoms with Crippen molar-refractivity contribution in [2.75, 3.05) is 7.11 Å². The molecule has 0 aromatic heterocycles. The van der Waals surface area contributed by atoms with E-state index in [1.807, 2.05) is 38.1 Å². The molecule has 1 aliphatic carbocycles. The zero-order valence-electron chi connectivity index (χ0n) is 9.97. The molecule has 3 heteroatoms. The van der Waals surface area contributed by atoms with Crippen LogP contribution in [0.5, 0.6) is 5.75 Å². The van der Waals surface area contributed by atoms with Gasteiger partial charge in [-0.1, -0.05) is 26.0 Å². The highest BCUT2D eigenvalue weighted by Crippen LogP contribution is 2.57. The lowest BCUT2D eigenvalue weighted by molar-refractivity contribution is 0.227. The van der Waals surface area contributed by atoms with Gasteiger partial charge in [-0.05, 0) is 23.1 Å². The van der Waals surface area contributed by atoms with Crippen molar-refractivity contribution in [2.45, 2.75) is 26.0 Å². The Balaban J connectivity index is 2.13. The minimum Gasteiger partial charge on any atom is -0.497 e. The molecule has 1 fully saturated rings. The van der Waals surface area contributed by atoms with Gasteiger partial charge in [-0.15, -0.1) is 0 Å².